The first-order chi connectivity index (χ1) is 13.2. The Hall–Kier alpha value is -2.40. The van der Waals surface area contributed by atoms with Crippen molar-refractivity contribution in [2.75, 3.05) is 26.3 Å². The summed E-state index contributed by atoms with van der Waals surface area (Å²) in [5, 5.41) is 0. The summed E-state index contributed by atoms with van der Waals surface area (Å²) in [6.45, 7) is 5.25. The maximum atomic E-state index is 12.8. The van der Waals surface area contributed by atoms with E-state index in [9.17, 15) is 4.79 Å². The number of para-hydroxylation sites is 1. The molecule has 0 unspecified atom stereocenters. The van der Waals surface area contributed by atoms with Crippen LogP contribution in [0.3, 0.4) is 0 Å². The number of rotatable bonds is 8. The van der Waals surface area contributed by atoms with Gasteiger partial charge in [-0.3, -0.25) is 14.7 Å². The molecule has 144 valence electrons. The molecule has 1 fully saturated rings. The van der Waals surface area contributed by atoms with Crippen LogP contribution in [0.25, 0.3) is 0 Å². The molecule has 1 aromatic carbocycles. The smallest absolute Gasteiger partial charge is 0.313 e. The van der Waals surface area contributed by atoms with Crippen LogP contribution in [0.1, 0.15) is 31.7 Å². The lowest BCUT2D eigenvalue weighted by Gasteiger charge is -2.41. The lowest BCUT2D eigenvalue weighted by Crippen LogP contribution is -2.49. The van der Waals surface area contributed by atoms with Crippen molar-refractivity contribution >= 4 is 5.97 Å². The Kier molecular flexibility index (Phi) is 6.82. The van der Waals surface area contributed by atoms with Crippen molar-refractivity contribution in [3.63, 3.8) is 0 Å². The number of carbonyl (C=O) groups excluding carboxylic acids is 1. The second-order valence-corrected chi connectivity index (χ2v) is 7.09. The highest BCUT2D eigenvalue weighted by Gasteiger charge is 2.43. The fraction of sp³-hybridized carbons (Fsp3) is 0.455. The van der Waals surface area contributed by atoms with Gasteiger partial charge in [0.15, 0.2) is 0 Å². The van der Waals surface area contributed by atoms with Crippen LogP contribution < -0.4 is 4.74 Å². The molecule has 3 rings (SSSR count). The van der Waals surface area contributed by atoms with Gasteiger partial charge in [0.2, 0.25) is 0 Å². The molecule has 0 amide bonds. The second kappa shape index (κ2) is 9.51. The largest absolute Gasteiger partial charge is 0.494 e. The molecule has 1 aromatic heterocycles. The van der Waals surface area contributed by atoms with E-state index in [0.29, 0.717) is 26.2 Å². The fourth-order valence-corrected chi connectivity index (χ4v) is 3.75. The van der Waals surface area contributed by atoms with Crippen LogP contribution in [-0.4, -0.2) is 42.2 Å². The summed E-state index contributed by atoms with van der Waals surface area (Å²) in [6.07, 6.45) is 6.14. The first-order valence-electron chi connectivity index (χ1n) is 9.68. The zero-order valence-corrected chi connectivity index (χ0v) is 16.0. The summed E-state index contributed by atoms with van der Waals surface area (Å²) in [4.78, 5) is 19.4. The maximum Gasteiger partial charge on any atom is 0.313 e. The molecule has 0 N–H and O–H groups in total. The Morgan fingerprint density at radius 2 is 2.07 bits per heavy atom. The quantitative estimate of drug-likeness (QED) is 0.665. The van der Waals surface area contributed by atoms with Crippen LogP contribution in [0.2, 0.25) is 0 Å². The summed E-state index contributed by atoms with van der Waals surface area (Å²) in [5.41, 5.74) is 0.656. The van der Waals surface area contributed by atoms with Gasteiger partial charge < -0.3 is 9.47 Å². The van der Waals surface area contributed by atoms with E-state index in [1.807, 2.05) is 49.5 Å². The van der Waals surface area contributed by atoms with Crippen molar-refractivity contribution in [1.29, 1.82) is 0 Å². The number of ether oxygens (including phenoxy) is 2. The molecule has 0 radical (unpaired) electrons. The molecule has 0 saturated carbocycles. The Morgan fingerprint density at radius 1 is 1.22 bits per heavy atom. The van der Waals surface area contributed by atoms with Crippen molar-refractivity contribution in [3.05, 3.63) is 60.4 Å². The first-order valence-corrected chi connectivity index (χ1v) is 9.68. The van der Waals surface area contributed by atoms with Crippen LogP contribution in [0.4, 0.5) is 0 Å². The van der Waals surface area contributed by atoms with Gasteiger partial charge in [0.25, 0.3) is 0 Å². The molecule has 1 saturated heterocycles. The van der Waals surface area contributed by atoms with Crippen LogP contribution in [-0.2, 0) is 16.1 Å². The summed E-state index contributed by atoms with van der Waals surface area (Å²) < 4.78 is 11.3. The number of piperidine rings is 1. The predicted octanol–water partition coefficient (Wildman–Crippen LogP) is 3.70. The van der Waals surface area contributed by atoms with Gasteiger partial charge in [-0.25, -0.2) is 0 Å². The summed E-state index contributed by atoms with van der Waals surface area (Å²) in [6, 6.07) is 13.8. The van der Waals surface area contributed by atoms with Crippen LogP contribution in [0.15, 0.2) is 54.9 Å². The second-order valence-electron chi connectivity index (χ2n) is 7.09. The minimum absolute atomic E-state index is 0.0995. The van der Waals surface area contributed by atoms with Gasteiger partial charge in [-0.05, 0) is 56.5 Å². The maximum absolute atomic E-state index is 12.8. The van der Waals surface area contributed by atoms with E-state index in [1.165, 1.54) is 0 Å². The third kappa shape index (κ3) is 5.30. The lowest BCUT2D eigenvalue weighted by molar-refractivity contribution is -0.160. The Labute approximate surface area is 161 Å². The Bertz CT molecular complexity index is 708. The number of esters is 1. The molecule has 1 aliphatic rings. The zero-order chi connectivity index (χ0) is 19.0. The SMILES string of the molecule is CCOC(=O)[C@]1(CCOc2ccccc2)CCCN(Cc2cccnc2)C1. The first kappa shape index (κ1) is 19.4. The van der Waals surface area contributed by atoms with Gasteiger partial charge >= 0.3 is 5.97 Å². The molecule has 2 aromatic rings. The molecule has 1 aliphatic heterocycles. The highest BCUT2D eigenvalue weighted by Crippen LogP contribution is 2.36. The fourth-order valence-electron chi connectivity index (χ4n) is 3.75. The molecule has 2 heterocycles. The number of likely N-dealkylation sites (tertiary alicyclic amines) is 1. The highest BCUT2D eigenvalue weighted by molar-refractivity contribution is 5.77. The molecule has 0 spiro atoms. The summed E-state index contributed by atoms with van der Waals surface area (Å²) in [5.74, 6) is 0.733. The average molecular weight is 368 g/mol. The van der Waals surface area contributed by atoms with E-state index < -0.39 is 5.41 Å². The molecular formula is C22H28N2O3. The van der Waals surface area contributed by atoms with Crippen LogP contribution in [0, 0.1) is 5.41 Å². The number of pyridine rings is 1. The average Bonchev–Trinajstić information content (AvgIpc) is 2.70. The van der Waals surface area contributed by atoms with Gasteiger partial charge in [-0.15, -0.1) is 0 Å². The number of benzene rings is 1. The molecule has 0 bridgehead atoms. The van der Waals surface area contributed by atoms with Crippen molar-refractivity contribution in [1.82, 2.24) is 9.88 Å². The van der Waals surface area contributed by atoms with E-state index in [4.69, 9.17) is 9.47 Å². The summed E-state index contributed by atoms with van der Waals surface area (Å²) in [7, 11) is 0. The minimum Gasteiger partial charge on any atom is -0.494 e. The number of nitrogens with zero attached hydrogens (tertiary/aromatic N) is 2. The molecule has 27 heavy (non-hydrogen) atoms. The molecule has 5 heteroatoms. The highest BCUT2D eigenvalue weighted by atomic mass is 16.5. The Balaban J connectivity index is 1.66. The standard InChI is InChI=1S/C22H28N2O3/c1-2-26-21(25)22(12-15-27-20-9-4-3-5-10-20)11-7-14-24(18-22)17-19-8-6-13-23-16-19/h3-6,8-10,13,16H,2,7,11-12,14-15,17-18H2,1H3/t22-/m0/s1. The molecule has 0 aliphatic carbocycles. The number of hydrogen-bond acceptors (Lipinski definition) is 5. The normalized spacial score (nSPS) is 20.2. The number of aromatic nitrogens is 1. The predicted molar refractivity (Wildman–Crippen MR) is 104 cm³/mol. The third-order valence-corrected chi connectivity index (χ3v) is 5.09. The van der Waals surface area contributed by atoms with Crippen molar-refractivity contribution in [2.24, 2.45) is 5.41 Å². The van der Waals surface area contributed by atoms with Gasteiger partial charge in [0.1, 0.15) is 5.75 Å². The van der Waals surface area contributed by atoms with Crippen molar-refractivity contribution < 1.29 is 14.3 Å². The number of carbonyl (C=O) groups is 1. The number of hydrogen-bond donors (Lipinski definition) is 0. The van der Waals surface area contributed by atoms with Gasteiger partial charge in [0.05, 0.1) is 18.6 Å². The van der Waals surface area contributed by atoms with E-state index in [0.717, 1.165) is 37.2 Å². The Morgan fingerprint density at radius 3 is 2.81 bits per heavy atom. The molecule has 5 nitrogen and oxygen atoms in total. The van der Waals surface area contributed by atoms with Gasteiger partial charge in [-0.2, -0.15) is 0 Å². The van der Waals surface area contributed by atoms with Gasteiger partial charge in [-0.1, -0.05) is 24.3 Å². The monoisotopic (exact) mass is 368 g/mol. The van der Waals surface area contributed by atoms with Gasteiger partial charge in [0, 0.05) is 25.5 Å². The van der Waals surface area contributed by atoms with E-state index in [1.54, 1.807) is 6.20 Å². The van der Waals surface area contributed by atoms with E-state index in [-0.39, 0.29) is 5.97 Å². The molecule has 1 atom stereocenters. The minimum atomic E-state index is -0.509. The zero-order valence-electron chi connectivity index (χ0n) is 16.0. The third-order valence-electron chi connectivity index (χ3n) is 5.09. The topological polar surface area (TPSA) is 51.7 Å². The van der Waals surface area contributed by atoms with Crippen molar-refractivity contribution in [2.45, 2.75) is 32.7 Å². The molecular weight excluding hydrogens is 340 g/mol. The van der Waals surface area contributed by atoms with E-state index >= 15 is 0 Å². The van der Waals surface area contributed by atoms with Crippen LogP contribution in [0.5, 0.6) is 5.75 Å². The van der Waals surface area contributed by atoms with Crippen molar-refractivity contribution in [3.8, 4) is 5.75 Å². The lowest BCUT2D eigenvalue weighted by atomic mass is 9.77. The summed E-state index contributed by atoms with van der Waals surface area (Å²) >= 11 is 0. The van der Waals surface area contributed by atoms with Crippen LogP contribution >= 0.6 is 0 Å². The van der Waals surface area contributed by atoms with E-state index in [2.05, 4.69) is 16.0 Å².